The minimum Gasteiger partial charge on any atom is -0.373 e. The van der Waals surface area contributed by atoms with Crippen LogP contribution in [0.15, 0.2) is 3.92 Å². The Hall–Kier alpha value is -0.200. The molecule has 76 valence electrons. The molecule has 2 aliphatic heterocycles. The van der Waals surface area contributed by atoms with Crippen LogP contribution in [0.2, 0.25) is 0 Å². The van der Waals surface area contributed by atoms with E-state index in [4.69, 9.17) is 4.74 Å². The highest BCUT2D eigenvalue weighted by Crippen LogP contribution is 2.36. The molecular weight excluding hydrogens is 266 g/mol. The number of nitrogens with one attached hydrogen (secondary N) is 1. The lowest BCUT2D eigenvalue weighted by atomic mass is 9.96. The minimum atomic E-state index is 0.391. The van der Waals surface area contributed by atoms with Crippen molar-refractivity contribution < 1.29 is 4.74 Å². The fourth-order valence-corrected chi connectivity index (χ4v) is 3.28. The van der Waals surface area contributed by atoms with Gasteiger partial charge in [0, 0.05) is 0 Å². The third-order valence-electron chi connectivity index (χ3n) is 2.82. The van der Waals surface area contributed by atoms with Crippen LogP contribution in [0.5, 0.6) is 0 Å². The highest BCUT2D eigenvalue weighted by atomic mass is 79.9. The van der Waals surface area contributed by atoms with Gasteiger partial charge in [0.1, 0.15) is 0 Å². The normalized spacial score (nSPS) is 35.1. The molecule has 2 bridgehead atoms. The predicted octanol–water partition coefficient (Wildman–Crippen LogP) is 2.03. The van der Waals surface area contributed by atoms with Gasteiger partial charge in [-0.25, -0.2) is 0 Å². The van der Waals surface area contributed by atoms with Crippen LogP contribution in [0, 0.1) is 0 Å². The van der Waals surface area contributed by atoms with E-state index in [1.54, 1.807) is 0 Å². The molecule has 3 atom stereocenters. The van der Waals surface area contributed by atoms with Gasteiger partial charge in [0.05, 0.1) is 18.2 Å². The van der Waals surface area contributed by atoms with E-state index >= 15 is 0 Å². The molecule has 0 aliphatic carbocycles. The molecule has 1 aromatic heterocycles. The SMILES string of the molecule is Brc1nnc(N[C@@H]2C[C@H]3CC[C@@H]2O3)s1. The van der Waals surface area contributed by atoms with E-state index < -0.39 is 0 Å². The van der Waals surface area contributed by atoms with Gasteiger partial charge in [-0.05, 0) is 35.2 Å². The third-order valence-corrected chi connectivity index (χ3v) is 4.10. The molecule has 14 heavy (non-hydrogen) atoms. The van der Waals surface area contributed by atoms with E-state index in [1.165, 1.54) is 24.2 Å². The van der Waals surface area contributed by atoms with Gasteiger partial charge in [-0.1, -0.05) is 11.3 Å². The van der Waals surface area contributed by atoms with E-state index in [2.05, 4.69) is 31.4 Å². The van der Waals surface area contributed by atoms with Crippen LogP contribution in [0.4, 0.5) is 5.13 Å². The summed E-state index contributed by atoms with van der Waals surface area (Å²) < 4.78 is 6.57. The molecule has 1 N–H and O–H groups in total. The number of aromatic nitrogens is 2. The third kappa shape index (κ3) is 1.55. The van der Waals surface area contributed by atoms with Crippen molar-refractivity contribution in [2.75, 3.05) is 5.32 Å². The monoisotopic (exact) mass is 275 g/mol. The van der Waals surface area contributed by atoms with Crippen molar-refractivity contribution in [3.8, 4) is 0 Å². The zero-order valence-corrected chi connectivity index (χ0v) is 9.84. The minimum absolute atomic E-state index is 0.391. The van der Waals surface area contributed by atoms with E-state index in [0.717, 1.165) is 15.5 Å². The molecule has 6 heteroatoms. The number of hydrogen-bond donors (Lipinski definition) is 1. The molecule has 2 fully saturated rings. The first-order valence-corrected chi connectivity index (χ1v) is 6.33. The second-order valence-electron chi connectivity index (χ2n) is 3.72. The summed E-state index contributed by atoms with van der Waals surface area (Å²) in [5.41, 5.74) is 0. The molecule has 0 saturated carbocycles. The van der Waals surface area contributed by atoms with Crippen LogP contribution in [0.1, 0.15) is 19.3 Å². The second kappa shape index (κ2) is 3.43. The lowest BCUT2D eigenvalue weighted by Gasteiger charge is -2.18. The average molecular weight is 276 g/mol. The Kier molecular flexibility index (Phi) is 2.22. The van der Waals surface area contributed by atoms with Gasteiger partial charge in [0.2, 0.25) is 5.13 Å². The molecule has 2 aliphatic rings. The van der Waals surface area contributed by atoms with Crippen molar-refractivity contribution in [3.63, 3.8) is 0 Å². The lowest BCUT2D eigenvalue weighted by molar-refractivity contribution is 0.102. The molecule has 1 aromatic rings. The first-order valence-electron chi connectivity index (χ1n) is 4.72. The molecule has 0 spiro atoms. The van der Waals surface area contributed by atoms with E-state index in [0.29, 0.717) is 18.2 Å². The molecule has 0 amide bonds. The molecule has 4 nitrogen and oxygen atoms in total. The van der Waals surface area contributed by atoms with Crippen LogP contribution in [0.25, 0.3) is 0 Å². The van der Waals surface area contributed by atoms with Gasteiger partial charge in [-0.3, -0.25) is 0 Å². The van der Waals surface area contributed by atoms with Crippen LogP contribution in [-0.4, -0.2) is 28.4 Å². The standard InChI is InChI=1S/C8H10BrN3OS/c9-7-11-12-8(14-7)10-5-3-4-1-2-6(5)13-4/h4-6H,1-3H2,(H,10,12)/t4-,5-,6+/m1/s1. The summed E-state index contributed by atoms with van der Waals surface area (Å²) in [7, 11) is 0. The largest absolute Gasteiger partial charge is 0.373 e. The quantitative estimate of drug-likeness (QED) is 0.897. The number of halogens is 1. The van der Waals surface area contributed by atoms with Crippen molar-refractivity contribution in [3.05, 3.63) is 3.92 Å². The molecule has 0 radical (unpaired) electrons. The maximum atomic E-state index is 5.75. The Morgan fingerprint density at radius 2 is 2.36 bits per heavy atom. The van der Waals surface area contributed by atoms with Crippen LogP contribution >= 0.6 is 27.3 Å². The van der Waals surface area contributed by atoms with Gasteiger partial charge < -0.3 is 10.1 Å². The molecule has 0 aromatic carbocycles. The van der Waals surface area contributed by atoms with Gasteiger partial charge in [-0.15, -0.1) is 10.2 Å². The van der Waals surface area contributed by atoms with Crippen LogP contribution in [-0.2, 0) is 4.74 Å². The Morgan fingerprint density at radius 3 is 2.93 bits per heavy atom. The Balaban J connectivity index is 1.68. The first kappa shape index (κ1) is 9.06. The topological polar surface area (TPSA) is 47.0 Å². The van der Waals surface area contributed by atoms with Crippen LogP contribution in [0.3, 0.4) is 0 Å². The lowest BCUT2D eigenvalue weighted by Crippen LogP contribution is -2.30. The van der Waals surface area contributed by atoms with Gasteiger partial charge in [-0.2, -0.15) is 0 Å². The number of rotatable bonds is 2. The number of ether oxygens (including phenoxy) is 1. The highest BCUT2D eigenvalue weighted by Gasteiger charge is 2.40. The number of hydrogen-bond acceptors (Lipinski definition) is 5. The van der Waals surface area contributed by atoms with Crippen molar-refractivity contribution in [1.29, 1.82) is 0 Å². The van der Waals surface area contributed by atoms with Gasteiger partial charge >= 0.3 is 0 Å². The highest BCUT2D eigenvalue weighted by molar-refractivity contribution is 9.11. The molecule has 3 heterocycles. The van der Waals surface area contributed by atoms with Crippen molar-refractivity contribution >= 4 is 32.4 Å². The smallest absolute Gasteiger partial charge is 0.206 e. The fraction of sp³-hybridized carbons (Fsp3) is 0.750. The van der Waals surface area contributed by atoms with Crippen molar-refractivity contribution in [2.24, 2.45) is 0 Å². The fourth-order valence-electron chi connectivity index (χ4n) is 2.21. The van der Waals surface area contributed by atoms with Crippen molar-refractivity contribution in [1.82, 2.24) is 10.2 Å². The van der Waals surface area contributed by atoms with E-state index in [9.17, 15) is 0 Å². The average Bonchev–Trinajstić information content (AvgIpc) is 2.82. The summed E-state index contributed by atoms with van der Waals surface area (Å²) in [4.78, 5) is 0. The first-order chi connectivity index (χ1) is 6.81. The van der Waals surface area contributed by atoms with Crippen LogP contribution < -0.4 is 5.32 Å². The summed E-state index contributed by atoms with van der Waals surface area (Å²) in [6, 6.07) is 0.439. The zero-order valence-electron chi connectivity index (χ0n) is 7.44. The second-order valence-corrected chi connectivity index (χ2v) is 5.97. The maximum Gasteiger partial charge on any atom is 0.206 e. The zero-order chi connectivity index (χ0) is 9.54. The summed E-state index contributed by atoms with van der Waals surface area (Å²) in [5, 5.41) is 12.2. The Bertz CT molecular complexity index is 345. The van der Waals surface area contributed by atoms with Gasteiger partial charge in [0.25, 0.3) is 0 Å². The number of anilines is 1. The number of fused-ring (bicyclic) bond motifs is 2. The van der Waals surface area contributed by atoms with E-state index in [-0.39, 0.29) is 0 Å². The maximum absolute atomic E-state index is 5.75. The summed E-state index contributed by atoms with van der Waals surface area (Å²) in [6.45, 7) is 0. The summed E-state index contributed by atoms with van der Waals surface area (Å²) in [6.07, 6.45) is 4.39. The Labute approximate surface area is 94.2 Å². The molecule has 3 rings (SSSR count). The van der Waals surface area contributed by atoms with Gasteiger partial charge in [0.15, 0.2) is 3.92 Å². The Morgan fingerprint density at radius 1 is 1.43 bits per heavy atom. The molecular formula is C8H10BrN3OS. The molecule has 0 unspecified atom stereocenters. The van der Waals surface area contributed by atoms with Crippen molar-refractivity contribution in [2.45, 2.75) is 37.5 Å². The molecule has 2 saturated heterocycles. The summed E-state index contributed by atoms with van der Waals surface area (Å²) in [5.74, 6) is 0. The predicted molar refractivity (Wildman–Crippen MR) is 57.5 cm³/mol. The van der Waals surface area contributed by atoms with E-state index in [1.807, 2.05) is 0 Å². The summed E-state index contributed by atoms with van der Waals surface area (Å²) >= 11 is 4.83. The number of nitrogens with zero attached hydrogens (tertiary/aromatic N) is 2.